The predicted octanol–water partition coefficient (Wildman–Crippen LogP) is 1.77. The van der Waals surface area contributed by atoms with Crippen LogP contribution >= 0.6 is 0 Å². The van der Waals surface area contributed by atoms with Crippen LogP contribution in [-0.2, 0) is 25.0 Å². The zero-order valence-electron chi connectivity index (χ0n) is 18.2. The van der Waals surface area contributed by atoms with E-state index in [4.69, 9.17) is 0 Å². The third kappa shape index (κ3) is 4.59. The number of nitrogens with zero attached hydrogens (tertiary/aromatic N) is 3. The monoisotopic (exact) mass is 518 g/mol. The van der Waals surface area contributed by atoms with E-state index in [1.54, 1.807) is 6.92 Å². The molecule has 0 saturated carbocycles. The topological polar surface area (TPSA) is 179 Å². The van der Waals surface area contributed by atoms with Crippen LogP contribution in [0.2, 0.25) is 0 Å². The zero-order chi connectivity index (χ0) is 25.7. The Balaban J connectivity index is 1.74. The van der Waals surface area contributed by atoms with Gasteiger partial charge in [0, 0.05) is 5.69 Å². The third-order valence-electron chi connectivity index (χ3n) is 5.20. The van der Waals surface area contributed by atoms with Crippen LogP contribution in [-0.4, -0.2) is 47.3 Å². The number of nitrogens with one attached hydrogen (secondary N) is 1. The minimum Gasteiger partial charge on any atom is -0.295 e. The number of hydrogen-bond donors (Lipinski definition) is 3. The van der Waals surface area contributed by atoms with E-state index in [1.807, 2.05) is 0 Å². The molecular weight excluding hydrogens is 500 g/mol. The average Bonchev–Trinajstić information content (AvgIpc) is 3.23. The molecule has 182 valence electrons. The Morgan fingerprint density at radius 3 is 2.00 bits per heavy atom. The number of benzene rings is 2. The molecule has 2 heterocycles. The quantitative estimate of drug-likeness (QED) is 0.338. The normalized spacial score (nSPS) is 15.7. The summed E-state index contributed by atoms with van der Waals surface area (Å²) in [6, 6.07) is 10.1. The van der Waals surface area contributed by atoms with Gasteiger partial charge in [-0.2, -0.15) is 26.9 Å². The first-order chi connectivity index (χ1) is 16.3. The van der Waals surface area contributed by atoms with Crippen molar-refractivity contribution in [2.24, 2.45) is 5.10 Å². The lowest BCUT2D eigenvalue weighted by atomic mass is 10.1. The molecule has 1 aliphatic rings. The van der Waals surface area contributed by atoms with Crippen molar-refractivity contribution in [3.05, 3.63) is 75.7 Å². The number of rotatable bonds is 5. The largest absolute Gasteiger partial charge is 0.295 e. The van der Waals surface area contributed by atoms with Crippen LogP contribution in [0.25, 0.3) is 11.8 Å². The van der Waals surface area contributed by atoms with E-state index in [9.17, 15) is 35.5 Å². The Kier molecular flexibility index (Phi) is 5.84. The molecule has 0 saturated heterocycles. The van der Waals surface area contributed by atoms with Gasteiger partial charge >= 0.3 is 0 Å². The summed E-state index contributed by atoms with van der Waals surface area (Å²) in [4.78, 5) is 25.3. The number of aromatic nitrogens is 2. The van der Waals surface area contributed by atoms with Gasteiger partial charge in [0.05, 0.1) is 38.0 Å². The van der Waals surface area contributed by atoms with E-state index >= 15 is 0 Å². The van der Waals surface area contributed by atoms with E-state index < -0.39 is 41.5 Å². The molecule has 0 atom stereocenters. The van der Waals surface area contributed by atoms with Crippen molar-refractivity contribution in [1.82, 2.24) is 9.78 Å². The molecule has 14 heteroatoms. The summed E-state index contributed by atoms with van der Waals surface area (Å²) in [5, 5.41) is 7.90. The summed E-state index contributed by atoms with van der Waals surface area (Å²) >= 11 is 0. The second-order valence-corrected chi connectivity index (χ2v) is 10.4. The van der Waals surface area contributed by atoms with E-state index in [1.165, 1.54) is 43.3 Å². The maximum absolute atomic E-state index is 13.1. The van der Waals surface area contributed by atoms with Gasteiger partial charge in [0.1, 0.15) is 0 Å². The van der Waals surface area contributed by atoms with E-state index in [0.29, 0.717) is 5.69 Å². The van der Waals surface area contributed by atoms with Gasteiger partial charge in [0.25, 0.3) is 31.7 Å². The second-order valence-electron chi connectivity index (χ2n) is 7.60. The number of hydrazone groups is 1. The fraction of sp³-hybridized carbons (Fsp3) is 0.0952. The van der Waals surface area contributed by atoms with Gasteiger partial charge in [0.2, 0.25) is 0 Å². The van der Waals surface area contributed by atoms with Crippen molar-refractivity contribution in [2.45, 2.75) is 23.6 Å². The summed E-state index contributed by atoms with van der Waals surface area (Å²) in [6.07, 6.45) is 1.32. The highest BCUT2D eigenvalue weighted by Crippen LogP contribution is 2.27. The van der Waals surface area contributed by atoms with Crippen LogP contribution in [0, 0.1) is 6.92 Å². The molecule has 0 bridgehead atoms. The fourth-order valence-corrected chi connectivity index (χ4v) is 4.51. The van der Waals surface area contributed by atoms with Gasteiger partial charge in [-0.15, -0.1) is 0 Å². The van der Waals surface area contributed by atoms with Crippen molar-refractivity contribution < 1.29 is 30.7 Å². The SMILES string of the molecule is CC1=NN(c2cccc(S(=O)(=O)O)c2)C(=O)/C1=C\c1c(C)[nH]n(-c2cccc(S(=O)(=O)O)c2)c1=O. The van der Waals surface area contributed by atoms with E-state index in [2.05, 4.69) is 10.2 Å². The van der Waals surface area contributed by atoms with E-state index in [0.717, 1.165) is 27.9 Å². The maximum Gasteiger partial charge on any atom is 0.294 e. The summed E-state index contributed by atoms with van der Waals surface area (Å²) in [7, 11) is -8.99. The van der Waals surface area contributed by atoms with Crippen LogP contribution < -0.4 is 10.6 Å². The lowest BCUT2D eigenvalue weighted by molar-refractivity contribution is -0.114. The first kappa shape index (κ1) is 24.3. The molecule has 1 amide bonds. The molecule has 4 rings (SSSR count). The summed E-state index contributed by atoms with van der Waals surface area (Å²) in [5.41, 5.74) is 0.450. The highest BCUT2D eigenvalue weighted by atomic mass is 32.2. The Labute approximate surface area is 199 Å². The Hall–Kier alpha value is -3.85. The second kappa shape index (κ2) is 8.42. The van der Waals surface area contributed by atoms with Gasteiger partial charge < -0.3 is 0 Å². The average molecular weight is 519 g/mol. The minimum atomic E-state index is -4.50. The zero-order valence-corrected chi connectivity index (χ0v) is 19.8. The molecule has 0 unspecified atom stereocenters. The van der Waals surface area contributed by atoms with Crippen LogP contribution in [0.4, 0.5) is 5.69 Å². The van der Waals surface area contributed by atoms with Gasteiger partial charge in [-0.05, 0) is 56.3 Å². The maximum atomic E-state index is 13.1. The lowest BCUT2D eigenvalue weighted by Crippen LogP contribution is -2.22. The van der Waals surface area contributed by atoms with Crippen molar-refractivity contribution in [3.8, 4) is 5.69 Å². The van der Waals surface area contributed by atoms with Crippen molar-refractivity contribution in [2.75, 3.05) is 5.01 Å². The van der Waals surface area contributed by atoms with Crippen molar-refractivity contribution in [3.63, 3.8) is 0 Å². The van der Waals surface area contributed by atoms with Crippen molar-refractivity contribution >= 4 is 43.6 Å². The first-order valence-electron chi connectivity index (χ1n) is 9.86. The van der Waals surface area contributed by atoms with Crippen molar-refractivity contribution in [1.29, 1.82) is 0 Å². The Bertz CT molecular complexity index is 1710. The predicted molar refractivity (Wildman–Crippen MR) is 126 cm³/mol. The van der Waals surface area contributed by atoms with E-state index in [-0.39, 0.29) is 28.2 Å². The van der Waals surface area contributed by atoms with Crippen LogP contribution in [0.15, 0.2) is 73.8 Å². The number of H-pyrrole nitrogens is 1. The Morgan fingerprint density at radius 1 is 0.886 bits per heavy atom. The number of amides is 1. The summed E-state index contributed by atoms with van der Waals surface area (Å²) in [5.74, 6) is -0.630. The standard InChI is InChI=1S/C21H18N4O8S2/c1-12-18(20(26)24(22-12)14-5-3-7-16(9-14)34(28,29)30)11-19-13(2)23-25(21(19)27)15-6-4-8-17(10-15)35(31,32)33/h3-11,22H,1-2H3,(H,28,29,30)(H,31,32,33)/b19-11-. The molecule has 0 fully saturated rings. The van der Waals surface area contributed by atoms with Crippen LogP contribution in [0.1, 0.15) is 18.2 Å². The van der Waals surface area contributed by atoms with Crippen LogP contribution in [0.5, 0.6) is 0 Å². The molecule has 1 aromatic heterocycles. The van der Waals surface area contributed by atoms with Gasteiger partial charge in [-0.1, -0.05) is 12.1 Å². The molecule has 0 radical (unpaired) electrons. The lowest BCUT2D eigenvalue weighted by Gasteiger charge is -2.12. The Morgan fingerprint density at radius 2 is 1.43 bits per heavy atom. The highest BCUT2D eigenvalue weighted by Gasteiger charge is 2.30. The number of aromatic amines is 1. The van der Waals surface area contributed by atoms with Gasteiger partial charge in [-0.25, -0.2) is 4.68 Å². The molecule has 1 aliphatic heterocycles. The molecule has 0 aliphatic carbocycles. The van der Waals surface area contributed by atoms with Gasteiger partial charge in [0.15, 0.2) is 0 Å². The summed E-state index contributed by atoms with van der Waals surface area (Å²) < 4.78 is 65.4. The fourth-order valence-electron chi connectivity index (χ4n) is 3.47. The first-order valence-corrected chi connectivity index (χ1v) is 12.7. The number of anilines is 1. The molecule has 35 heavy (non-hydrogen) atoms. The molecule has 2 aromatic carbocycles. The molecular formula is C21H18N4O8S2. The molecule has 3 aromatic rings. The highest BCUT2D eigenvalue weighted by molar-refractivity contribution is 7.86. The molecule has 12 nitrogen and oxygen atoms in total. The van der Waals surface area contributed by atoms with Crippen LogP contribution in [0.3, 0.4) is 0 Å². The number of hydrogen-bond acceptors (Lipinski definition) is 7. The smallest absolute Gasteiger partial charge is 0.294 e. The number of carbonyl (C=O) groups is 1. The molecule has 0 spiro atoms. The summed E-state index contributed by atoms with van der Waals surface area (Å²) in [6.45, 7) is 3.11. The van der Waals surface area contributed by atoms with Gasteiger partial charge in [-0.3, -0.25) is 23.8 Å². The minimum absolute atomic E-state index is 0.0697. The molecule has 3 N–H and O–H groups in total. The third-order valence-corrected chi connectivity index (χ3v) is 6.90. The number of aryl methyl sites for hydroxylation is 1. The number of carbonyl (C=O) groups excluding carboxylic acids is 1.